The van der Waals surface area contributed by atoms with Crippen molar-refractivity contribution >= 4 is 23.5 Å². The number of hydrogen-bond acceptors (Lipinski definition) is 6. The molecule has 4 rings (SSSR count). The van der Waals surface area contributed by atoms with Crippen molar-refractivity contribution in [1.29, 1.82) is 0 Å². The number of carbonyl (C=O) groups excluding carboxylic acids is 1. The molecule has 1 aromatic carbocycles. The third-order valence-corrected chi connectivity index (χ3v) is 5.91. The maximum atomic E-state index is 11.9. The molecule has 0 spiro atoms. The molecule has 7 nitrogen and oxygen atoms in total. The third-order valence-electron chi connectivity index (χ3n) is 4.64. The number of carbonyl (C=O) groups is 1. The number of aryl methyl sites for hydroxylation is 3. The summed E-state index contributed by atoms with van der Waals surface area (Å²) in [4.78, 5) is 11.9. The topological polar surface area (TPSA) is 93.0 Å². The Balaban J connectivity index is 1.54. The Morgan fingerprint density at radius 2 is 2.04 bits per heavy atom. The van der Waals surface area contributed by atoms with Gasteiger partial charge < -0.3 is 14.6 Å². The fourth-order valence-electron chi connectivity index (χ4n) is 3.13. The van der Waals surface area contributed by atoms with Crippen LogP contribution in [0.15, 0.2) is 28.8 Å². The molecular formula is C19H20N4O3S. The number of aromatic amines is 1. The number of H-pyrrole nitrogens is 1. The smallest absolute Gasteiger partial charge is 0.235 e. The van der Waals surface area contributed by atoms with Gasteiger partial charge in [0.05, 0.1) is 22.3 Å². The molecule has 0 unspecified atom stereocenters. The largest absolute Gasteiger partial charge is 0.489 e. The lowest BCUT2D eigenvalue weighted by Crippen LogP contribution is -2.12. The van der Waals surface area contributed by atoms with Crippen molar-refractivity contribution in [3.05, 3.63) is 58.1 Å². The fourth-order valence-corrected chi connectivity index (χ4v) is 4.32. The zero-order valence-electron chi connectivity index (χ0n) is 15.3. The number of benzene rings is 1. The zero-order valence-corrected chi connectivity index (χ0v) is 16.1. The second-order valence-corrected chi connectivity index (χ2v) is 7.60. The van der Waals surface area contributed by atoms with Crippen LogP contribution in [0.5, 0.6) is 5.75 Å². The number of anilines is 1. The van der Waals surface area contributed by atoms with Gasteiger partial charge in [0, 0.05) is 11.3 Å². The predicted octanol–water partition coefficient (Wildman–Crippen LogP) is 3.68. The predicted molar refractivity (Wildman–Crippen MR) is 103 cm³/mol. The van der Waals surface area contributed by atoms with Gasteiger partial charge in [0.15, 0.2) is 5.82 Å². The first kappa shape index (κ1) is 17.7. The van der Waals surface area contributed by atoms with E-state index < -0.39 is 0 Å². The Hall–Kier alpha value is -2.74. The highest BCUT2D eigenvalue weighted by atomic mass is 32.2. The van der Waals surface area contributed by atoms with Gasteiger partial charge >= 0.3 is 0 Å². The monoisotopic (exact) mass is 384 g/mol. The molecule has 27 heavy (non-hydrogen) atoms. The van der Waals surface area contributed by atoms with E-state index in [1.165, 1.54) is 0 Å². The van der Waals surface area contributed by atoms with Crippen molar-refractivity contribution in [2.75, 3.05) is 11.1 Å². The maximum Gasteiger partial charge on any atom is 0.235 e. The van der Waals surface area contributed by atoms with Gasteiger partial charge in [-0.2, -0.15) is 5.10 Å². The van der Waals surface area contributed by atoms with E-state index in [-0.39, 0.29) is 11.2 Å². The lowest BCUT2D eigenvalue weighted by molar-refractivity contribution is -0.113. The molecule has 2 aromatic heterocycles. The molecule has 0 aliphatic carbocycles. The maximum absolute atomic E-state index is 11.9. The minimum absolute atomic E-state index is 0.0327. The molecule has 140 valence electrons. The fraction of sp³-hybridized carbons (Fsp3) is 0.316. The first-order chi connectivity index (χ1) is 13.0. The van der Waals surface area contributed by atoms with Crippen molar-refractivity contribution < 1.29 is 14.1 Å². The summed E-state index contributed by atoms with van der Waals surface area (Å²) in [7, 11) is 0. The Morgan fingerprint density at radius 1 is 1.26 bits per heavy atom. The lowest BCUT2D eigenvalue weighted by atomic mass is 10.0. The van der Waals surface area contributed by atoms with Gasteiger partial charge in [0.2, 0.25) is 5.91 Å². The summed E-state index contributed by atoms with van der Waals surface area (Å²) >= 11 is 1.59. The average Bonchev–Trinajstić information content (AvgIpc) is 3.11. The molecule has 0 saturated carbocycles. The lowest BCUT2D eigenvalue weighted by Gasteiger charge is -2.16. The number of nitrogens with one attached hydrogen (secondary N) is 2. The van der Waals surface area contributed by atoms with Crippen LogP contribution < -0.4 is 10.1 Å². The van der Waals surface area contributed by atoms with E-state index >= 15 is 0 Å². The summed E-state index contributed by atoms with van der Waals surface area (Å²) in [6.45, 7) is 6.17. The van der Waals surface area contributed by atoms with Crippen LogP contribution >= 0.6 is 11.8 Å². The van der Waals surface area contributed by atoms with Crippen molar-refractivity contribution in [2.45, 2.75) is 32.6 Å². The van der Waals surface area contributed by atoms with E-state index in [1.54, 1.807) is 11.8 Å². The SMILES string of the molecule is Cc1noc(C)c1COc1ccc([C@H]2SCC(=O)Nc3n[nH]c(C)c32)cc1. The Labute approximate surface area is 160 Å². The van der Waals surface area contributed by atoms with E-state index in [0.717, 1.165) is 39.6 Å². The second kappa shape index (κ2) is 7.11. The molecule has 1 aliphatic heterocycles. The van der Waals surface area contributed by atoms with E-state index in [1.807, 2.05) is 45.0 Å². The molecule has 0 fully saturated rings. The first-order valence-corrected chi connectivity index (χ1v) is 9.68. The van der Waals surface area contributed by atoms with E-state index in [0.29, 0.717) is 18.2 Å². The number of rotatable bonds is 4. The number of nitrogens with zero attached hydrogens (tertiary/aromatic N) is 2. The summed E-state index contributed by atoms with van der Waals surface area (Å²) in [5, 5.41) is 14.0. The molecule has 3 heterocycles. The molecule has 0 radical (unpaired) electrons. The van der Waals surface area contributed by atoms with E-state index in [4.69, 9.17) is 9.26 Å². The van der Waals surface area contributed by atoms with Crippen molar-refractivity contribution in [1.82, 2.24) is 15.4 Å². The van der Waals surface area contributed by atoms with Crippen LogP contribution in [0.4, 0.5) is 5.82 Å². The zero-order chi connectivity index (χ0) is 19.0. The number of aromatic nitrogens is 3. The van der Waals surface area contributed by atoms with Crippen LogP contribution in [0.2, 0.25) is 0 Å². The van der Waals surface area contributed by atoms with Crippen molar-refractivity contribution in [2.24, 2.45) is 0 Å². The molecule has 1 amide bonds. The molecule has 0 saturated heterocycles. The van der Waals surface area contributed by atoms with Gasteiger partial charge in [0.1, 0.15) is 18.1 Å². The van der Waals surface area contributed by atoms with Crippen LogP contribution in [0.25, 0.3) is 0 Å². The Kier molecular flexibility index (Phi) is 4.65. The summed E-state index contributed by atoms with van der Waals surface area (Å²) in [5.74, 6) is 2.53. The molecular weight excluding hydrogens is 364 g/mol. The van der Waals surface area contributed by atoms with Gasteiger partial charge in [-0.25, -0.2) is 0 Å². The van der Waals surface area contributed by atoms with E-state index in [2.05, 4.69) is 20.7 Å². The van der Waals surface area contributed by atoms with Crippen LogP contribution in [0.1, 0.15) is 39.1 Å². The molecule has 2 N–H and O–H groups in total. The van der Waals surface area contributed by atoms with Gasteiger partial charge in [-0.3, -0.25) is 9.89 Å². The highest BCUT2D eigenvalue weighted by Crippen LogP contribution is 2.42. The number of fused-ring (bicyclic) bond motifs is 1. The summed E-state index contributed by atoms with van der Waals surface area (Å²) in [6.07, 6.45) is 0. The van der Waals surface area contributed by atoms with Crippen LogP contribution in [-0.4, -0.2) is 27.0 Å². The molecule has 8 heteroatoms. The first-order valence-electron chi connectivity index (χ1n) is 8.63. The van der Waals surface area contributed by atoms with Crippen LogP contribution in [0.3, 0.4) is 0 Å². The van der Waals surface area contributed by atoms with Crippen molar-refractivity contribution in [3.63, 3.8) is 0 Å². The van der Waals surface area contributed by atoms with Crippen LogP contribution in [-0.2, 0) is 11.4 Å². The molecule has 3 aromatic rings. The second-order valence-electron chi connectivity index (χ2n) is 6.51. The summed E-state index contributed by atoms with van der Waals surface area (Å²) in [6, 6.07) is 7.96. The minimum Gasteiger partial charge on any atom is -0.489 e. The highest BCUT2D eigenvalue weighted by molar-refractivity contribution is 8.00. The molecule has 1 atom stereocenters. The van der Waals surface area contributed by atoms with E-state index in [9.17, 15) is 4.79 Å². The quantitative estimate of drug-likeness (QED) is 0.713. The van der Waals surface area contributed by atoms with Crippen LogP contribution in [0, 0.1) is 20.8 Å². The normalized spacial score (nSPS) is 16.6. The van der Waals surface area contributed by atoms with Gasteiger partial charge in [0.25, 0.3) is 0 Å². The molecule has 1 aliphatic rings. The third kappa shape index (κ3) is 3.44. The number of hydrogen-bond donors (Lipinski definition) is 2. The van der Waals surface area contributed by atoms with Gasteiger partial charge in [-0.1, -0.05) is 17.3 Å². The number of ether oxygens (including phenoxy) is 1. The number of amides is 1. The highest BCUT2D eigenvalue weighted by Gasteiger charge is 2.28. The molecule has 0 bridgehead atoms. The van der Waals surface area contributed by atoms with Gasteiger partial charge in [-0.05, 0) is 38.5 Å². The summed E-state index contributed by atoms with van der Waals surface area (Å²) in [5.41, 5.74) is 4.91. The van der Waals surface area contributed by atoms with Gasteiger partial charge in [-0.15, -0.1) is 11.8 Å². The standard InChI is InChI=1S/C19H20N4O3S/c1-10-15(12(3)26-23-10)8-25-14-6-4-13(5-7-14)18-17-11(2)21-22-19(17)20-16(24)9-27-18/h4-7,18H,8-9H2,1-3H3,(H2,20,21,22,24)/t18-/m1/s1. The number of thioether (sulfide) groups is 1. The average molecular weight is 384 g/mol. The van der Waals surface area contributed by atoms with Crippen molar-refractivity contribution in [3.8, 4) is 5.75 Å². The minimum atomic E-state index is -0.0327. The Morgan fingerprint density at radius 3 is 2.74 bits per heavy atom. The summed E-state index contributed by atoms with van der Waals surface area (Å²) < 4.78 is 11.0. The Bertz CT molecular complexity index is 958.